The minimum Gasteiger partial charge on any atom is -0.489 e. The maximum Gasteiger partial charge on any atom is 0.160 e. The lowest BCUT2D eigenvalue weighted by Gasteiger charge is -2.40. The van der Waals surface area contributed by atoms with Crippen molar-refractivity contribution in [2.24, 2.45) is 0 Å². The summed E-state index contributed by atoms with van der Waals surface area (Å²) in [4.78, 5) is 0. The summed E-state index contributed by atoms with van der Waals surface area (Å²) in [6.07, 6.45) is 5.20. The molecule has 24 heavy (non-hydrogen) atoms. The topological polar surface area (TPSA) is 27.7 Å². The van der Waals surface area contributed by atoms with Crippen molar-refractivity contribution in [3.63, 3.8) is 0 Å². The van der Waals surface area contributed by atoms with Crippen LogP contribution in [0.3, 0.4) is 0 Å². The summed E-state index contributed by atoms with van der Waals surface area (Å²) in [5.74, 6) is 1.01. The molecule has 5 rings (SSSR count). The van der Waals surface area contributed by atoms with Gasteiger partial charge in [-0.3, -0.25) is 0 Å². The second-order valence-electron chi connectivity index (χ2n) is 6.21. The summed E-state index contributed by atoms with van der Waals surface area (Å²) in [6, 6.07) is 18.6. The molecule has 3 nitrogen and oxygen atoms in total. The van der Waals surface area contributed by atoms with Crippen molar-refractivity contribution in [2.75, 3.05) is 6.61 Å². The van der Waals surface area contributed by atoms with E-state index in [9.17, 15) is 0 Å². The maximum atomic E-state index is 5.88. The van der Waals surface area contributed by atoms with Crippen molar-refractivity contribution >= 4 is 0 Å². The first kappa shape index (κ1) is 17.0. The molecule has 0 spiro atoms. The molecule has 2 atom stereocenters. The molecular weight excluding hydrogens is 300 g/mol. The SMILES string of the molecule is C1CC2CC(O1)O2.CCCc1ccccc1OCc1ccccc1. The molecule has 3 aliphatic heterocycles. The molecular formula is C21H26O3. The Labute approximate surface area is 144 Å². The Balaban J connectivity index is 0.000000198. The van der Waals surface area contributed by atoms with Crippen molar-refractivity contribution in [3.05, 3.63) is 65.7 Å². The van der Waals surface area contributed by atoms with E-state index >= 15 is 0 Å². The Morgan fingerprint density at radius 2 is 1.79 bits per heavy atom. The maximum absolute atomic E-state index is 5.88. The smallest absolute Gasteiger partial charge is 0.160 e. The minimum absolute atomic E-state index is 0.179. The van der Waals surface area contributed by atoms with Crippen molar-refractivity contribution < 1.29 is 14.2 Å². The molecule has 0 aromatic heterocycles. The van der Waals surface area contributed by atoms with Crippen LogP contribution in [0.25, 0.3) is 0 Å². The first-order valence-corrected chi connectivity index (χ1v) is 8.87. The quantitative estimate of drug-likeness (QED) is 0.794. The van der Waals surface area contributed by atoms with Crippen molar-refractivity contribution in [1.29, 1.82) is 0 Å². The summed E-state index contributed by atoms with van der Waals surface area (Å²) >= 11 is 0. The summed E-state index contributed by atoms with van der Waals surface area (Å²) in [7, 11) is 0. The lowest BCUT2D eigenvalue weighted by Crippen LogP contribution is -2.45. The molecule has 3 aliphatic rings. The third kappa shape index (κ3) is 4.83. The van der Waals surface area contributed by atoms with Gasteiger partial charge in [0, 0.05) is 6.42 Å². The summed E-state index contributed by atoms with van der Waals surface area (Å²) in [5, 5.41) is 0. The number of ether oxygens (including phenoxy) is 3. The minimum atomic E-state index is 0.179. The molecule has 2 aromatic rings. The zero-order chi connectivity index (χ0) is 16.6. The van der Waals surface area contributed by atoms with Gasteiger partial charge in [-0.2, -0.15) is 0 Å². The van der Waals surface area contributed by atoms with E-state index in [1.165, 1.54) is 11.1 Å². The predicted molar refractivity (Wildman–Crippen MR) is 95.1 cm³/mol. The van der Waals surface area contributed by atoms with E-state index in [-0.39, 0.29) is 6.29 Å². The highest BCUT2D eigenvalue weighted by atomic mass is 16.7. The van der Waals surface area contributed by atoms with Crippen LogP contribution in [-0.4, -0.2) is 19.0 Å². The van der Waals surface area contributed by atoms with E-state index in [4.69, 9.17) is 14.2 Å². The summed E-state index contributed by atoms with van der Waals surface area (Å²) in [6.45, 7) is 3.74. The van der Waals surface area contributed by atoms with Crippen LogP contribution in [0.4, 0.5) is 0 Å². The van der Waals surface area contributed by atoms with Gasteiger partial charge in [-0.05, 0) is 30.0 Å². The summed E-state index contributed by atoms with van der Waals surface area (Å²) in [5.41, 5.74) is 2.50. The van der Waals surface area contributed by atoms with Gasteiger partial charge in [0.1, 0.15) is 12.4 Å². The van der Waals surface area contributed by atoms with E-state index in [2.05, 4.69) is 31.2 Å². The number of rotatable bonds is 5. The monoisotopic (exact) mass is 326 g/mol. The largest absolute Gasteiger partial charge is 0.489 e. The number of hydrogen-bond acceptors (Lipinski definition) is 3. The number of hydrogen-bond donors (Lipinski definition) is 0. The number of para-hydroxylation sites is 1. The van der Waals surface area contributed by atoms with Gasteiger partial charge in [0.05, 0.1) is 12.7 Å². The molecule has 0 N–H and O–H groups in total. The Morgan fingerprint density at radius 1 is 1.04 bits per heavy atom. The van der Waals surface area contributed by atoms with Gasteiger partial charge in [0.2, 0.25) is 0 Å². The third-order valence-corrected chi connectivity index (χ3v) is 4.27. The Hall–Kier alpha value is -1.84. The van der Waals surface area contributed by atoms with Crippen LogP contribution >= 0.6 is 0 Å². The van der Waals surface area contributed by atoms with Crippen LogP contribution in [0.5, 0.6) is 5.75 Å². The molecule has 0 saturated carbocycles. The molecule has 3 heteroatoms. The van der Waals surface area contributed by atoms with Gasteiger partial charge >= 0.3 is 0 Å². The highest BCUT2D eigenvalue weighted by Gasteiger charge is 2.34. The van der Waals surface area contributed by atoms with Gasteiger partial charge in [-0.25, -0.2) is 0 Å². The third-order valence-electron chi connectivity index (χ3n) is 4.27. The van der Waals surface area contributed by atoms with E-state index < -0.39 is 0 Å². The Morgan fingerprint density at radius 3 is 2.38 bits per heavy atom. The molecule has 0 aliphatic carbocycles. The van der Waals surface area contributed by atoms with Crippen molar-refractivity contribution in [2.45, 2.75) is 51.6 Å². The van der Waals surface area contributed by atoms with Crippen LogP contribution in [0.2, 0.25) is 0 Å². The molecule has 3 saturated heterocycles. The first-order chi connectivity index (χ1) is 11.8. The van der Waals surface area contributed by atoms with Crippen molar-refractivity contribution in [3.8, 4) is 5.75 Å². The second kappa shape index (κ2) is 8.86. The van der Waals surface area contributed by atoms with Gasteiger partial charge in [0.15, 0.2) is 6.29 Å². The van der Waals surface area contributed by atoms with E-state index in [0.29, 0.717) is 12.7 Å². The molecule has 3 heterocycles. The zero-order valence-electron chi connectivity index (χ0n) is 14.3. The lowest BCUT2D eigenvalue weighted by molar-refractivity contribution is -0.297. The average Bonchev–Trinajstić information content (AvgIpc) is 2.63. The Kier molecular flexibility index (Phi) is 6.27. The Bertz CT molecular complexity index is 592. The molecule has 2 unspecified atom stereocenters. The molecule has 0 radical (unpaired) electrons. The van der Waals surface area contributed by atoms with Crippen LogP contribution in [0, 0.1) is 0 Å². The zero-order valence-corrected chi connectivity index (χ0v) is 14.3. The standard InChI is InChI=1S/C16H18O.C5H8O2/c1-2-8-15-11-6-7-12-16(15)17-13-14-9-4-3-5-10-14;1-2-6-5-3-4(1)7-5/h3-7,9-12H,2,8,13H2,1H3;4-5H,1-3H2. The summed E-state index contributed by atoms with van der Waals surface area (Å²) < 4.78 is 16.2. The van der Waals surface area contributed by atoms with E-state index in [0.717, 1.165) is 38.0 Å². The van der Waals surface area contributed by atoms with Crippen LogP contribution in [0.15, 0.2) is 54.6 Å². The first-order valence-electron chi connectivity index (χ1n) is 8.87. The van der Waals surface area contributed by atoms with E-state index in [1.54, 1.807) is 0 Å². The van der Waals surface area contributed by atoms with E-state index in [1.807, 2.05) is 30.3 Å². The van der Waals surface area contributed by atoms with Crippen LogP contribution in [-0.2, 0) is 22.5 Å². The fourth-order valence-corrected chi connectivity index (χ4v) is 2.90. The molecule has 2 aromatic carbocycles. The van der Waals surface area contributed by atoms with Crippen LogP contribution < -0.4 is 4.74 Å². The molecule has 0 amide bonds. The highest BCUT2D eigenvalue weighted by molar-refractivity contribution is 5.33. The van der Waals surface area contributed by atoms with Gasteiger partial charge < -0.3 is 14.2 Å². The number of fused-ring (bicyclic) bond motifs is 2. The fourth-order valence-electron chi connectivity index (χ4n) is 2.90. The second-order valence-corrected chi connectivity index (χ2v) is 6.21. The predicted octanol–water partition coefficient (Wildman–Crippen LogP) is 4.74. The highest BCUT2D eigenvalue weighted by Crippen LogP contribution is 2.29. The fraction of sp³-hybridized carbons (Fsp3) is 0.429. The van der Waals surface area contributed by atoms with Crippen LogP contribution in [0.1, 0.15) is 37.3 Å². The van der Waals surface area contributed by atoms with Crippen molar-refractivity contribution in [1.82, 2.24) is 0 Å². The van der Waals surface area contributed by atoms with Gasteiger partial charge in [-0.1, -0.05) is 61.9 Å². The lowest BCUT2D eigenvalue weighted by atomic mass is 10.1. The molecule has 3 fully saturated rings. The number of aryl methyl sites for hydroxylation is 1. The number of benzene rings is 2. The van der Waals surface area contributed by atoms with Gasteiger partial charge in [-0.15, -0.1) is 0 Å². The normalized spacial score (nSPS) is 21.2. The molecule has 2 bridgehead atoms. The van der Waals surface area contributed by atoms with Gasteiger partial charge in [0.25, 0.3) is 0 Å². The molecule has 128 valence electrons. The average molecular weight is 326 g/mol.